The summed E-state index contributed by atoms with van der Waals surface area (Å²) >= 11 is 2.95. The topological polar surface area (TPSA) is 75.6 Å². The van der Waals surface area contributed by atoms with Crippen molar-refractivity contribution >= 4 is 28.8 Å². The molecule has 0 aliphatic carbocycles. The van der Waals surface area contributed by atoms with Crippen molar-refractivity contribution in [3.63, 3.8) is 0 Å². The fourth-order valence-corrected chi connectivity index (χ4v) is 2.51. The molecule has 0 aliphatic heterocycles. The maximum Gasteiger partial charge on any atom is 0.178 e. The van der Waals surface area contributed by atoms with Crippen LogP contribution in [0.3, 0.4) is 0 Å². The molecule has 4 nitrogen and oxygen atoms in total. The van der Waals surface area contributed by atoms with Crippen LogP contribution in [-0.2, 0) is 0 Å². The molecule has 0 amide bonds. The van der Waals surface area contributed by atoms with E-state index in [0.717, 1.165) is 9.24 Å². The number of aromatic nitrogens is 2. The molecule has 0 saturated heterocycles. The molecule has 0 unspecified atom stereocenters. The number of hydrogen-bond donors (Lipinski definition) is 1. The van der Waals surface area contributed by atoms with E-state index in [0.29, 0.717) is 11.3 Å². The molecule has 0 fully saturated rings. The Kier molecular flexibility index (Phi) is 2.85. The van der Waals surface area contributed by atoms with Crippen LogP contribution in [0.5, 0.6) is 0 Å². The van der Waals surface area contributed by atoms with Gasteiger partial charge >= 0.3 is 0 Å². The third-order valence-corrected chi connectivity index (χ3v) is 3.46. The lowest BCUT2D eigenvalue weighted by Gasteiger charge is -2.00. The first kappa shape index (κ1) is 9.96. The van der Waals surface area contributed by atoms with Crippen LogP contribution in [0.2, 0.25) is 0 Å². The maximum atomic E-state index is 8.71. The van der Waals surface area contributed by atoms with Gasteiger partial charge in [0.2, 0.25) is 0 Å². The molecule has 0 saturated carbocycles. The molecule has 0 atom stereocenters. The van der Waals surface area contributed by atoms with E-state index >= 15 is 0 Å². The molecular formula is C9H6N4S2. The molecule has 6 heteroatoms. The first-order chi connectivity index (χ1) is 7.29. The van der Waals surface area contributed by atoms with E-state index in [-0.39, 0.29) is 0 Å². The van der Waals surface area contributed by atoms with Crippen molar-refractivity contribution in [2.75, 3.05) is 5.73 Å². The standard InChI is InChI=1S/C9H6N4S2/c10-4-6-1-2-7(3-8(6)11)15-9-13-12-5-14-9/h1-3,5H,11H2. The molecular weight excluding hydrogens is 228 g/mol. The number of anilines is 1. The van der Waals surface area contributed by atoms with Crippen molar-refractivity contribution in [2.45, 2.75) is 9.24 Å². The van der Waals surface area contributed by atoms with Gasteiger partial charge in [-0.2, -0.15) is 5.26 Å². The van der Waals surface area contributed by atoms with Crippen molar-refractivity contribution in [1.82, 2.24) is 10.2 Å². The SMILES string of the molecule is N#Cc1ccc(Sc2nncs2)cc1N. The Balaban J connectivity index is 2.24. The lowest BCUT2D eigenvalue weighted by atomic mass is 10.2. The van der Waals surface area contributed by atoms with Crippen molar-refractivity contribution in [2.24, 2.45) is 0 Å². The number of rotatable bonds is 2. The van der Waals surface area contributed by atoms with E-state index in [1.165, 1.54) is 23.1 Å². The number of nitriles is 1. The zero-order valence-corrected chi connectivity index (χ0v) is 9.18. The van der Waals surface area contributed by atoms with Gasteiger partial charge in [-0.25, -0.2) is 0 Å². The van der Waals surface area contributed by atoms with Crippen LogP contribution in [0.1, 0.15) is 5.56 Å². The lowest BCUT2D eigenvalue weighted by Crippen LogP contribution is -1.89. The molecule has 2 N–H and O–H groups in total. The van der Waals surface area contributed by atoms with E-state index in [1.54, 1.807) is 17.6 Å². The zero-order valence-electron chi connectivity index (χ0n) is 7.54. The van der Waals surface area contributed by atoms with Gasteiger partial charge in [0.15, 0.2) is 4.34 Å². The summed E-state index contributed by atoms with van der Waals surface area (Å²) in [5.74, 6) is 0. The zero-order chi connectivity index (χ0) is 10.7. The first-order valence-electron chi connectivity index (χ1n) is 4.03. The fraction of sp³-hybridized carbons (Fsp3) is 0. The number of benzene rings is 1. The van der Waals surface area contributed by atoms with Crippen LogP contribution in [0.15, 0.2) is 32.9 Å². The summed E-state index contributed by atoms with van der Waals surface area (Å²) in [7, 11) is 0. The van der Waals surface area contributed by atoms with Crippen molar-refractivity contribution in [3.05, 3.63) is 29.3 Å². The normalized spacial score (nSPS) is 9.80. The van der Waals surface area contributed by atoms with E-state index in [4.69, 9.17) is 11.0 Å². The van der Waals surface area contributed by atoms with Gasteiger partial charge in [0.05, 0.1) is 11.3 Å². The van der Waals surface area contributed by atoms with Crippen LogP contribution in [0, 0.1) is 11.3 Å². The van der Waals surface area contributed by atoms with Crippen molar-refractivity contribution in [1.29, 1.82) is 5.26 Å². The highest BCUT2D eigenvalue weighted by molar-refractivity contribution is 8.01. The molecule has 2 rings (SSSR count). The quantitative estimate of drug-likeness (QED) is 0.806. The van der Waals surface area contributed by atoms with Crippen LogP contribution in [0.25, 0.3) is 0 Å². The average Bonchev–Trinajstić information content (AvgIpc) is 2.71. The molecule has 0 radical (unpaired) electrons. The summed E-state index contributed by atoms with van der Waals surface area (Å²) < 4.78 is 0.860. The molecule has 0 aliphatic rings. The highest BCUT2D eigenvalue weighted by atomic mass is 32.2. The van der Waals surface area contributed by atoms with Crippen LogP contribution >= 0.6 is 23.1 Å². The molecule has 1 aromatic heterocycles. The monoisotopic (exact) mass is 234 g/mol. The number of hydrogen-bond acceptors (Lipinski definition) is 6. The van der Waals surface area contributed by atoms with Gasteiger partial charge in [-0.3, -0.25) is 0 Å². The summed E-state index contributed by atoms with van der Waals surface area (Å²) in [4.78, 5) is 0.961. The van der Waals surface area contributed by atoms with Gasteiger partial charge in [-0.1, -0.05) is 23.1 Å². The largest absolute Gasteiger partial charge is 0.398 e. The number of nitrogens with zero attached hydrogens (tertiary/aromatic N) is 3. The Morgan fingerprint density at radius 2 is 2.33 bits per heavy atom. The minimum Gasteiger partial charge on any atom is -0.398 e. The average molecular weight is 234 g/mol. The van der Waals surface area contributed by atoms with E-state index < -0.39 is 0 Å². The molecule has 74 valence electrons. The Morgan fingerprint density at radius 1 is 1.47 bits per heavy atom. The Bertz CT molecular complexity index is 501. The molecule has 15 heavy (non-hydrogen) atoms. The van der Waals surface area contributed by atoms with Crippen LogP contribution < -0.4 is 5.73 Å². The Morgan fingerprint density at radius 3 is 2.93 bits per heavy atom. The van der Waals surface area contributed by atoms with Gasteiger partial charge in [0, 0.05) is 4.90 Å². The molecule has 1 aromatic carbocycles. The molecule has 1 heterocycles. The minimum absolute atomic E-state index is 0.493. The highest BCUT2D eigenvalue weighted by Crippen LogP contribution is 2.30. The van der Waals surface area contributed by atoms with E-state index in [9.17, 15) is 0 Å². The maximum absolute atomic E-state index is 8.71. The highest BCUT2D eigenvalue weighted by Gasteiger charge is 2.03. The Hall–Kier alpha value is -1.58. The third kappa shape index (κ3) is 2.26. The van der Waals surface area contributed by atoms with Crippen LogP contribution in [-0.4, -0.2) is 10.2 Å². The third-order valence-electron chi connectivity index (χ3n) is 1.69. The molecule has 0 spiro atoms. The molecule has 0 bridgehead atoms. The predicted octanol–water partition coefficient (Wildman–Crippen LogP) is 2.14. The van der Waals surface area contributed by atoms with Gasteiger partial charge < -0.3 is 5.73 Å². The second kappa shape index (κ2) is 4.29. The van der Waals surface area contributed by atoms with Gasteiger partial charge in [0.1, 0.15) is 11.6 Å². The van der Waals surface area contributed by atoms with Crippen molar-refractivity contribution < 1.29 is 0 Å². The van der Waals surface area contributed by atoms with Gasteiger partial charge in [-0.15, -0.1) is 10.2 Å². The Labute approximate surface area is 94.8 Å². The number of nitrogens with two attached hydrogens (primary N) is 1. The number of nitrogen functional groups attached to an aromatic ring is 1. The predicted molar refractivity (Wildman–Crippen MR) is 59.6 cm³/mol. The summed E-state index contributed by atoms with van der Waals surface area (Å²) in [6, 6.07) is 7.35. The van der Waals surface area contributed by atoms with Crippen molar-refractivity contribution in [3.8, 4) is 6.07 Å². The lowest BCUT2D eigenvalue weighted by molar-refractivity contribution is 1.01. The summed E-state index contributed by atoms with van der Waals surface area (Å²) in [6.07, 6.45) is 0. The van der Waals surface area contributed by atoms with Gasteiger partial charge in [0.25, 0.3) is 0 Å². The van der Waals surface area contributed by atoms with E-state index in [2.05, 4.69) is 10.2 Å². The smallest absolute Gasteiger partial charge is 0.178 e. The first-order valence-corrected chi connectivity index (χ1v) is 5.73. The second-order valence-corrected chi connectivity index (χ2v) is 4.82. The fourth-order valence-electron chi connectivity index (χ4n) is 1.01. The van der Waals surface area contributed by atoms with Gasteiger partial charge in [-0.05, 0) is 18.2 Å². The van der Waals surface area contributed by atoms with E-state index in [1.807, 2.05) is 12.1 Å². The molecule has 2 aromatic rings. The minimum atomic E-state index is 0.493. The van der Waals surface area contributed by atoms with Crippen LogP contribution in [0.4, 0.5) is 5.69 Å². The second-order valence-electron chi connectivity index (χ2n) is 2.67. The summed E-state index contributed by atoms with van der Waals surface area (Å²) in [5.41, 5.74) is 8.36. The summed E-state index contributed by atoms with van der Waals surface area (Å²) in [6.45, 7) is 0. The summed E-state index contributed by atoms with van der Waals surface area (Å²) in [5, 5.41) is 16.4.